The minimum atomic E-state index is -0.743. The van der Waals surface area contributed by atoms with E-state index in [0.29, 0.717) is 21.5 Å². The predicted octanol–water partition coefficient (Wildman–Crippen LogP) is 4.54. The zero-order chi connectivity index (χ0) is 15.4. The fourth-order valence-electron chi connectivity index (χ4n) is 1.58. The number of hydrogen-bond acceptors (Lipinski definition) is 2. The van der Waals surface area contributed by atoms with E-state index in [1.54, 1.807) is 19.1 Å². The Hall–Kier alpha value is -1.78. The lowest BCUT2D eigenvalue weighted by Gasteiger charge is -2.15. The molecule has 2 rings (SSSR count). The third-order valence-electron chi connectivity index (χ3n) is 2.68. The zero-order valence-corrected chi connectivity index (χ0v) is 12.6. The summed E-state index contributed by atoms with van der Waals surface area (Å²) < 4.78 is 18.3. The molecule has 0 spiro atoms. The lowest BCUT2D eigenvalue weighted by atomic mass is 10.3. The topological polar surface area (TPSA) is 38.3 Å². The SMILES string of the molecule is C[C@@H](Oc1ccc(Cl)c(Cl)c1)C(=O)Nc1ccc(F)cc1. The molecule has 2 aromatic rings. The van der Waals surface area contributed by atoms with E-state index in [1.807, 2.05) is 0 Å². The van der Waals surface area contributed by atoms with Crippen molar-refractivity contribution < 1.29 is 13.9 Å². The first-order valence-electron chi connectivity index (χ1n) is 6.14. The van der Waals surface area contributed by atoms with Crippen LogP contribution in [-0.2, 0) is 4.79 Å². The van der Waals surface area contributed by atoms with Crippen LogP contribution in [0.5, 0.6) is 5.75 Å². The summed E-state index contributed by atoms with van der Waals surface area (Å²) in [5, 5.41) is 3.38. The molecule has 110 valence electrons. The van der Waals surface area contributed by atoms with Gasteiger partial charge in [-0.2, -0.15) is 0 Å². The van der Waals surface area contributed by atoms with Gasteiger partial charge in [0.05, 0.1) is 10.0 Å². The third kappa shape index (κ3) is 4.34. The van der Waals surface area contributed by atoms with Crippen molar-refractivity contribution in [3.63, 3.8) is 0 Å². The molecule has 2 aromatic carbocycles. The molecule has 0 bridgehead atoms. The summed E-state index contributed by atoms with van der Waals surface area (Å²) in [4.78, 5) is 12.0. The van der Waals surface area contributed by atoms with Crippen molar-refractivity contribution in [2.75, 3.05) is 5.32 Å². The minimum absolute atomic E-state index is 0.348. The van der Waals surface area contributed by atoms with Gasteiger partial charge in [-0.1, -0.05) is 23.2 Å². The summed E-state index contributed by atoms with van der Waals surface area (Å²) >= 11 is 11.7. The molecule has 1 amide bonds. The summed E-state index contributed by atoms with van der Waals surface area (Å²) in [6, 6.07) is 10.2. The van der Waals surface area contributed by atoms with E-state index in [9.17, 15) is 9.18 Å². The molecule has 6 heteroatoms. The molecular weight excluding hydrogens is 316 g/mol. The van der Waals surface area contributed by atoms with Gasteiger partial charge < -0.3 is 10.1 Å². The van der Waals surface area contributed by atoms with Gasteiger partial charge in [-0.15, -0.1) is 0 Å². The maximum Gasteiger partial charge on any atom is 0.265 e. The molecule has 21 heavy (non-hydrogen) atoms. The van der Waals surface area contributed by atoms with Gasteiger partial charge in [0.15, 0.2) is 6.10 Å². The Morgan fingerprint density at radius 1 is 1.14 bits per heavy atom. The number of rotatable bonds is 4. The first-order valence-corrected chi connectivity index (χ1v) is 6.89. The van der Waals surface area contributed by atoms with Gasteiger partial charge in [-0.3, -0.25) is 4.79 Å². The summed E-state index contributed by atoms with van der Waals surface area (Å²) in [5.41, 5.74) is 0.492. The zero-order valence-electron chi connectivity index (χ0n) is 11.1. The van der Waals surface area contributed by atoms with Crippen molar-refractivity contribution in [2.45, 2.75) is 13.0 Å². The molecule has 0 heterocycles. The van der Waals surface area contributed by atoms with Crippen LogP contribution >= 0.6 is 23.2 Å². The third-order valence-corrected chi connectivity index (χ3v) is 3.42. The standard InChI is InChI=1S/C15H12Cl2FNO2/c1-9(21-12-6-7-13(16)14(17)8-12)15(20)19-11-4-2-10(18)3-5-11/h2-9H,1H3,(H,19,20)/t9-/m1/s1. The van der Waals surface area contributed by atoms with E-state index in [2.05, 4.69) is 5.32 Å². The van der Waals surface area contributed by atoms with Crippen molar-refractivity contribution in [3.8, 4) is 5.75 Å². The molecule has 0 radical (unpaired) electrons. The molecular formula is C15H12Cl2FNO2. The van der Waals surface area contributed by atoms with Gasteiger partial charge in [0, 0.05) is 11.8 Å². The van der Waals surface area contributed by atoms with Crippen molar-refractivity contribution in [1.82, 2.24) is 0 Å². The molecule has 0 aliphatic carbocycles. The quantitative estimate of drug-likeness (QED) is 0.895. The molecule has 0 unspecified atom stereocenters. The number of anilines is 1. The number of benzene rings is 2. The maximum atomic E-state index is 12.8. The molecule has 3 nitrogen and oxygen atoms in total. The molecule has 0 aromatic heterocycles. The Labute approximate surface area is 131 Å². The molecule has 1 atom stereocenters. The van der Waals surface area contributed by atoms with Crippen LogP contribution in [0.25, 0.3) is 0 Å². The van der Waals surface area contributed by atoms with Gasteiger partial charge in [0.25, 0.3) is 5.91 Å². The van der Waals surface area contributed by atoms with Crippen LogP contribution in [0.2, 0.25) is 10.0 Å². The van der Waals surface area contributed by atoms with E-state index in [-0.39, 0.29) is 11.7 Å². The van der Waals surface area contributed by atoms with Crippen molar-refractivity contribution in [1.29, 1.82) is 0 Å². The lowest BCUT2D eigenvalue weighted by Crippen LogP contribution is -2.30. The number of amides is 1. The van der Waals surface area contributed by atoms with Gasteiger partial charge in [-0.25, -0.2) is 4.39 Å². The second-order valence-electron chi connectivity index (χ2n) is 4.33. The first kappa shape index (κ1) is 15.6. The van der Waals surface area contributed by atoms with Crippen LogP contribution in [-0.4, -0.2) is 12.0 Å². The summed E-state index contributed by atoms with van der Waals surface area (Å²) in [5.74, 6) is -0.285. The number of hydrogen-bond donors (Lipinski definition) is 1. The Balaban J connectivity index is 1.98. The smallest absolute Gasteiger partial charge is 0.265 e. The number of carbonyl (C=O) groups is 1. The second-order valence-corrected chi connectivity index (χ2v) is 5.15. The van der Waals surface area contributed by atoms with E-state index >= 15 is 0 Å². The molecule has 0 aliphatic rings. The lowest BCUT2D eigenvalue weighted by molar-refractivity contribution is -0.122. The monoisotopic (exact) mass is 327 g/mol. The Morgan fingerprint density at radius 2 is 1.81 bits per heavy atom. The highest BCUT2D eigenvalue weighted by atomic mass is 35.5. The Kier molecular flexibility index (Phi) is 5.04. The Bertz CT molecular complexity index is 647. The van der Waals surface area contributed by atoms with Gasteiger partial charge in [0.1, 0.15) is 11.6 Å². The molecule has 0 saturated heterocycles. The van der Waals surface area contributed by atoms with E-state index in [1.165, 1.54) is 30.3 Å². The van der Waals surface area contributed by atoms with Crippen LogP contribution < -0.4 is 10.1 Å². The van der Waals surface area contributed by atoms with Gasteiger partial charge >= 0.3 is 0 Å². The largest absolute Gasteiger partial charge is 0.481 e. The Morgan fingerprint density at radius 3 is 2.43 bits per heavy atom. The number of nitrogens with one attached hydrogen (secondary N) is 1. The predicted molar refractivity (Wildman–Crippen MR) is 81.6 cm³/mol. The van der Waals surface area contributed by atoms with Crippen molar-refractivity contribution in [3.05, 3.63) is 58.3 Å². The average Bonchev–Trinajstić information content (AvgIpc) is 2.45. The number of carbonyl (C=O) groups excluding carboxylic acids is 1. The van der Waals surface area contributed by atoms with Crippen LogP contribution in [0.4, 0.5) is 10.1 Å². The van der Waals surface area contributed by atoms with Crippen molar-refractivity contribution >= 4 is 34.8 Å². The normalized spacial score (nSPS) is 11.8. The number of halogens is 3. The highest BCUT2D eigenvalue weighted by molar-refractivity contribution is 6.42. The fourth-order valence-corrected chi connectivity index (χ4v) is 1.87. The fraction of sp³-hybridized carbons (Fsp3) is 0.133. The number of ether oxygens (including phenoxy) is 1. The van der Waals surface area contributed by atoms with Gasteiger partial charge in [-0.05, 0) is 43.3 Å². The van der Waals surface area contributed by atoms with E-state index in [4.69, 9.17) is 27.9 Å². The van der Waals surface area contributed by atoms with E-state index in [0.717, 1.165) is 0 Å². The average molecular weight is 328 g/mol. The van der Waals surface area contributed by atoms with Crippen LogP contribution in [0, 0.1) is 5.82 Å². The summed E-state index contributed by atoms with van der Waals surface area (Å²) in [7, 11) is 0. The van der Waals surface area contributed by atoms with Crippen molar-refractivity contribution in [2.24, 2.45) is 0 Å². The first-order chi connectivity index (χ1) is 9.95. The summed E-state index contributed by atoms with van der Waals surface area (Å²) in [6.07, 6.45) is -0.743. The molecule has 0 saturated carbocycles. The molecule has 0 fully saturated rings. The van der Waals surface area contributed by atoms with Crippen LogP contribution in [0.15, 0.2) is 42.5 Å². The minimum Gasteiger partial charge on any atom is -0.481 e. The molecule has 1 N–H and O–H groups in total. The van der Waals surface area contributed by atoms with Gasteiger partial charge in [0.2, 0.25) is 0 Å². The van der Waals surface area contributed by atoms with E-state index < -0.39 is 6.10 Å². The van der Waals surface area contributed by atoms with Crippen LogP contribution in [0.1, 0.15) is 6.92 Å². The highest BCUT2D eigenvalue weighted by Gasteiger charge is 2.15. The summed E-state index contributed by atoms with van der Waals surface area (Å²) in [6.45, 7) is 1.60. The molecule has 0 aliphatic heterocycles. The maximum absolute atomic E-state index is 12.8. The van der Waals surface area contributed by atoms with Crippen LogP contribution in [0.3, 0.4) is 0 Å². The second kappa shape index (κ2) is 6.78. The highest BCUT2D eigenvalue weighted by Crippen LogP contribution is 2.26.